The molecule has 0 aromatic carbocycles. The lowest BCUT2D eigenvalue weighted by Gasteiger charge is -2.13. The average Bonchev–Trinajstić information content (AvgIpc) is 2.80. The molecular weight excluding hydrogens is 302 g/mol. The lowest BCUT2D eigenvalue weighted by Crippen LogP contribution is -2.34. The van der Waals surface area contributed by atoms with Crippen LogP contribution in [0.1, 0.15) is 56.2 Å². The third-order valence-corrected chi connectivity index (χ3v) is 4.46. The van der Waals surface area contributed by atoms with Gasteiger partial charge in [-0.15, -0.1) is 0 Å². The molecule has 114 valence electrons. The van der Waals surface area contributed by atoms with Gasteiger partial charge in [0.15, 0.2) is 5.69 Å². The molecule has 8 heteroatoms. The molecule has 0 saturated carbocycles. The molecule has 1 rings (SSSR count). The molecular formula is C12H20ClN3O3S. The second-order valence-corrected chi connectivity index (χ2v) is 7.06. The zero-order valence-electron chi connectivity index (χ0n) is 11.9. The van der Waals surface area contributed by atoms with E-state index in [0.29, 0.717) is 12.1 Å². The lowest BCUT2D eigenvalue weighted by atomic mass is 10.1. The number of aryl methyl sites for hydroxylation is 1. The summed E-state index contributed by atoms with van der Waals surface area (Å²) < 4.78 is 23.3. The van der Waals surface area contributed by atoms with E-state index in [1.54, 1.807) is 0 Å². The molecule has 1 aromatic rings. The molecule has 0 saturated heterocycles. The molecule has 1 heterocycles. The van der Waals surface area contributed by atoms with Crippen molar-refractivity contribution >= 4 is 25.6 Å². The molecule has 0 fully saturated rings. The minimum absolute atomic E-state index is 0.0142. The molecule has 0 atom stereocenters. The van der Waals surface area contributed by atoms with Crippen molar-refractivity contribution in [3.63, 3.8) is 0 Å². The number of H-pyrrole nitrogens is 1. The molecule has 0 unspecified atom stereocenters. The number of nitrogens with zero attached hydrogens (tertiary/aromatic N) is 1. The van der Waals surface area contributed by atoms with E-state index in [2.05, 4.69) is 15.5 Å². The number of amides is 1. The van der Waals surface area contributed by atoms with Gasteiger partial charge in [-0.3, -0.25) is 9.89 Å². The summed E-state index contributed by atoms with van der Waals surface area (Å²) in [6.07, 6.45) is 2.70. The Kier molecular flexibility index (Phi) is 6.01. The Labute approximate surface area is 123 Å². The van der Waals surface area contributed by atoms with Crippen LogP contribution in [0.5, 0.6) is 0 Å². The first-order valence-electron chi connectivity index (χ1n) is 6.67. The minimum atomic E-state index is -4.02. The smallest absolute Gasteiger partial charge is 0.273 e. The Hall–Kier alpha value is -1.08. The van der Waals surface area contributed by atoms with Gasteiger partial charge in [-0.25, -0.2) is 8.42 Å². The lowest BCUT2D eigenvalue weighted by molar-refractivity contribution is 0.0926. The molecule has 1 aromatic heterocycles. The Balaban J connectivity index is 3.15. The maximum absolute atomic E-state index is 12.1. The largest absolute Gasteiger partial charge is 0.348 e. The van der Waals surface area contributed by atoms with E-state index in [9.17, 15) is 13.2 Å². The van der Waals surface area contributed by atoms with Crippen molar-refractivity contribution in [1.29, 1.82) is 0 Å². The van der Waals surface area contributed by atoms with E-state index in [4.69, 9.17) is 10.7 Å². The van der Waals surface area contributed by atoms with Crippen LogP contribution in [0.25, 0.3) is 0 Å². The first kappa shape index (κ1) is 17.0. The van der Waals surface area contributed by atoms with Crippen LogP contribution < -0.4 is 5.32 Å². The number of hydrogen-bond acceptors (Lipinski definition) is 4. The van der Waals surface area contributed by atoms with Crippen molar-refractivity contribution in [2.45, 2.75) is 57.4 Å². The van der Waals surface area contributed by atoms with E-state index >= 15 is 0 Å². The van der Waals surface area contributed by atoms with Crippen molar-refractivity contribution in [3.05, 3.63) is 11.4 Å². The van der Waals surface area contributed by atoms with Gasteiger partial charge in [0.1, 0.15) is 4.90 Å². The normalized spacial score (nSPS) is 11.8. The van der Waals surface area contributed by atoms with Gasteiger partial charge in [0.2, 0.25) is 0 Å². The first-order valence-corrected chi connectivity index (χ1v) is 8.98. The van der Waals surface area contributed by atoms with Crippen LogP contribution in [0, 0.1) is 0 Å². The van der Waals surface area contributed by atoms with Gasteiger partial charge in [-0.05, 0) is 19.3 Å². The Morgan fingerprint density at radius 1 is 1.35 bits per heavy atom. The van der Waals surface area contributed by atoms with Gasteiger partial charge in [0.25, 0.3) is 15.0 Å². The fourth-order valence-electron chi connectivity index (χ4n) is 1.95. The first-order chi connectivity index (χ1) is 9.35. The molecule has 0 radical (unpaired) electrons. The zero-order valence-corrected chi connectivity index (χ0v) is 13.4. The van der Waals surface area contributed by atoms with E-state index in [0.717, 1.165) is 19.3 Å². The van der Waals surface area contributed by atoms with Gasteiger partial charge in [0, 0.05) is 16.7 Å². The van der Waals surface area contributed by atoms with Crippen molar-refractivity contribution < 1.29 is 13.2 Å². The molecule has 1 amide bonds. The number of carbonyl (C=O) groups is 1. The van der Waals surface area contributed by atoms with Crippen molar-refractivity contribution in [1.82, 2.24) is 15.5 Å². The number of aromatic amines is 1. The fraction of sp³-hybridized carbons (Fsp3) is 0.667. The van der Waals surface area contributed by atoms with Crippen LogP contribution in [0.4, 0.5) is 0 Å². The molecule has 0 spiro atoms. The predicted molar refractivity (Wildman–Crippen MR) is 77.5 cm³/mol. The van der Waals surface area contributed by atoms with Gasteiger partial charge in [-0.1, -0.05) is 27.2 Å². The molecule has 0 aliphatic heterocycles. The van der Waals surface area contributed by atoms with Crippen LogP contribution in [0.3, 0.4) is 0 Å². The molecule has 0 bridgehead atoms. The SMILES string of the molecule is CCCc1[nH]nc(C(=O)NC(CC)CC)c1S(=O)(=O)Cl. The maximum atomic E-state index is 12.1. The molecule has 6 nitrogen and oxygen atoms in total. The van der Waals surface area contributed by atoms with Crippen LogP contribution in [-0.2, 0) is 15.5 Å². The molecule has 0 aliphatic carbocycles. The highest BCUT2D eigenvalue weighted by Gasteiger charge is 2.28. The Bertz CT molecular complexity index is 565. The average molecular weight is 322 g/mol. The van der Waals surface area contributed by atoms with Crippen LogP contribution in [-0.4, -0.2) is 30.6 Å². The highest BCUT2D eigenvalue weighted by atomic mass is 35.7. The van der Waals surface area contributed by atoms with E-state index in [1.807, 2.05) is 20.8 Å². The summed E-state index contributed by atoms with van der Waals surface area (Å²) in [6.45, 7) is 5.79. The highest BCUT2D eigenvalue weighted by Crippen LogP contribution is 2.23. The molecule has 20 heavy (non-hydrogen) atoms. The van der Waals surface area contributed by atoms with Crippen LogP contribution in [0.15, 0.2) is 4.90 Å². The number of nitrogens with one attached hydrogen (secondary N) is 2. The highest BCUT2D eigenvalue weighted by molar-refractivity contribution is 8.13. The summed E-state index contributed by atoms with van der Waals surface area (Å²) in [5, 5.41) is 9.18. The Morgan fingerprint density at radius 2 is 1.95 bits per heavy atom. The predicted octanol–water partition coefficient (Wildman–Crippen LogP) is 2.21. The standard InChI is InChI=1S/C12H20ClN3O3S/c1-4-7-9-11(20(13,18)19)10(16-15-9)12(17)14-8(5-2)6-3/h8H,4-7H2,1-3H3,(H,14,17)(H,15,16). The number of halogens is 1. The van der Waals surface area contributed by atoms with Crippen molar-refractivity contribution in [2.75, 3.05) is 0 Å². The number of rotatable bonds is 7. The molecule has 2 N–H and O–H groups in total. The summed E-state index contributed by atoms with van der Waals surface area (Å²) in [4.78, 5) is 11.9. The van der Waals surface area contributed by atoms with Crippen LogP contribution in [0.2, 0.25) is 0 Å². The molecule has 0 aliphatic rings. The summed E-state index contributed by atoms with van der Waals surface area (Å²) in [6, 6.07) is -0.0142. The number of carbonyl (C=O) groups excluding carboxylic acids is 1. The second-order valence-electron chi connectivity index (χ2n) is 4.55. The maximum Gasteiger partial charge on any atom is 0.273 e. The quantitative estimate of drug-likeness (QED) is 0.753. The van der Waals surface area contributed by atoms with Gasteiger partial charge < -0.3 is 5.32 Å². The van der Waals surface area contributed by atoms with Crippen molar-refractivity contribution in [2.24, 2.45) is 0 Å². The van der Waals surface area contributed by atoms with Crippen LogP contribution >= 0.6 is 10.7 Å². The van der Waals surface area contributed by atoms with Gasteiger partial charge >= 0.3 is 0 Å². The monoisotopic (exact) mass is 321 g/mol. The third kappa shape index (κ3) is 3.96. The summed E-state index contributed by atoms with van der Waals surface area (Å²) in [5.41, 5.74) is 0.215. The van der Waals surface area contributed by atoms with Crippen molar-refractivity contribution in [3.8, 4) is 0 Å². The number of aromatic nitrogens is 2. The minimum Gasteiger partial charge on any atom is -0.348 e. The van der Waals surface area contributed by atoms with Gasteiger partial charge in [-0.2, -0.15) is 5.10 Å². The second kappa shape index (κ2) is 7.08. The van der Waals surface area contributed by atoms with E-state index in [1.165, 1.54) is 0 Å². The zero-order chi connectivity index (χ0) is 15.3. The van der Waals surface area contributed by atoms with E-state index < -0.39 is 15.0 Å². The summed E-state index contributed by atoms with van der Waals surface area (Å²) in [7, 11) is 1.41. The topological polar surface area (TPSA) is 91.9 Å². The van der Waals surface area contributed by atoms with E-state index in [-0.39, 0.29) is 16.6 Å². The summed E-state index contributed by atoms with van der Waals surface area (Å²) in [5.74, 6) is -0.517. The number of hydrogen-bond donors (Lipinski definition) is 2. The third-order valence-electron chi connectivity index (χ3n) is 3.07. The fourth-order valence-corrected chi connectivity index (χ4v) is 3.26. The Morgan fingerprint density at radius 3 is 2.40 bits per heavy atom. The summed E-state index contributed by atoms with van der Waals surface area (Å²) >= 11 is 0. The van der Waals surface area contributed by atoms with Gasteiger partial charge in [0.05, 0.1) is 5.69 Å².